The second-order valence-corrected chi connectivity index (χ2v) is 6.43. The number of benzene rings is 2. The quantitative estimate of drug-likeness (QED) is 0.785. The highest BCUT2D eigenvalue weighted by Gasteiger charge is 2.45. The van der Waals surface area contributed by atoms with E-state index < -0.39 is 12.0 Å². The van der Waals surface area contributed by atoms with Gasteiger partial charge in [-0.05, 0) is 24.3 Å². The molecule has 2 amide bonds. The third kappa shape index (κ3) is 2.71. The third-order valence-corrected chi connectivity index (χ3v) is 4.89. The molecule has 0 radical (unpaired) electrons. The Hall–Kier alpha value is -3.21. The number of anilines is 1. The molecule has 1 saturated heterocycles. The van der Waals surface area contributed by atoms with Gasteiger partial charge in [0.1, 0.15) is 11.8 Å². The first-order chi connectivity index (χ1) is 12.7. The number of nitrogens with zero attached hydrogens (tertiary/aromatic N) is 2. The van der Waals surface area contributed by atoms with Crippen LogP contribution in [-0.4, -0.2) is 35.1 Å². The van der Waals surface area contributed by atoms with E-state index in [4.69, 9.17) is 0 Å². The molecule has 0 aromatic heterocycles. The normalized spacial score (nSPS) is 22.3. The van der Waals surface area contributed by atoms with E-state index in [2.05, 4.69) is 0 Å². The summed E-state index contributed by atoms with van der Waals surface area (Å²) in [5.41, 5.74) is 1.27. The van der Waals surface area contributed by atoms with Gasteiger partial charge in [0, 0.05) is 30.4 Å². The number of rotatable bonds is 2. The van der Waals surface area contributed by atoms with Gasteiger partial charge in [0.05, 0.1) is 5.92 Å². The summed E-state index contributed by atoms with van der Waals surface area (Å²) < 4.78 is 0. The minimum atomic E-state index is -0.708. The van der Waals surface area contributed by atoms with Gasteiger partial charge in [0.2, 0.25) is 0 Å². The van der Waals surface area contributed by atoms with Crippen LogP contribution < -0.4 is 4.90 Å². The predicted molar refractivity (Wildman–Crippen MR) is 97.4 cm³/mol. The zero-order chi connectivity index (χ0) is 18.1. The van der Waals surface area contributed by atoms with Gasteiger partial charge < -0.3 is 4.90 Å². The topological polar surface area (TPSA) is 57.7 Å². The van der Waals surface area contributed by atoms with Crippen LogP contribution in [0.4, 0.5) is 5.69 Å². The Morgan fingerprint density at radius 2 is 1.58 bits per heavy atom. The molecule has 130 valence electrons. The highest BCUT2D eigenvalue weighted by molar-refractivity contribution is 6.10. The summed E-state index contributed by atoms with van der Waals surface area (Å²) in [6.45, 7) is 0.120. The van der Waals surface area contributed by atoms with Crippen molar-refractivity contribution < 1.29 is 14.4 Å². The molecule has 0 spiro atoms. The van der Waals surface area contributed by atoms with E-state index in [0.717, 1.165) is 5.69 Å². The highest BCUT2D eigenvalue weighted by atomic mass is 16.2. The fourth-order valence-corrected chi connectivity index (χ4v) is 3.56. The highest BCUT2D eigenvalue weighted by Crippen LogP contribution is 2.32. The number of carbonyl (C=O) groups is 3. The molecule has 2 aliphatic heterocycles. The van der Waals surface area contributed by atoms with Crippen molar-refractivity contribution in [2.75, 3.05) is 11.4 Å². The van der Waals surface area contributed by atoms with Crippen LogP contribution in [0.1, 0.15) is 16.8 Å². The van der Waals surface area contributed by atoms with Gasteiger partial charge in [-0.3, -0.25) is 19.3 Å². The molecule has 2 atom stereocenters. The van der Waals surface area contributed by atoms with E-state index in [1.807, 2.05) is 36.4 Å². The zero-order valence-electron chi connectivity index (χ0n) is 14.1. The Morgan fingerprint density at radius 3 is 2.27 bits per heavy atom. The van der Waals surface area contributed by atoms with Crippen molar-refractivity contribution in [1.82, 2.24) is 4.90 Å². The Kier molecular flexibility index (Phi) is 4.13. The average Bonchev–Trinajstić information content (AvgIpc) is 3.09. The lowest BCUT2D eigenvalue weighted by Crippen LogP contribution is -2.49. The van der Waals surface area contributed by atoms with E-state index in [9.17, 15) is 14.4 Å². The van der Waals surface area contributed by atoms with Crippen molar-refractivity contribution in [3.63, 3.8) is 0 Å². The maximum atomic E-state index is 13.2. The number of likely N-dealkylation sites (tertiary alicyclic amines) is 1. The fourth-order valence-electron chi connectivity index (χ4n) is 3.56. The second-order valence-electron chi connectivity index (χ2n) is 6.43. The number of fused-ring (bicyclic) bond motifs is 1. The van der Waals surface area contributed by atoms with Crippen LogP contribution in [0.5, 0.6) is 0 Å². The lowest BCUT2D eigenvalue weighted by molar-refractivity contribution is -0.131. The van der Waals surface area contributed by atoms with Gasteiger partial charge >= 0.3 is 0 Å². The SMILES string of the molecule is O=C1CCN(C(=O)c2ccccc2)C(=O)C2C1C=CN2c1ccccc1. The van der Waals surface area contributed by atoms with Crippen LogP contribution in [-0.2, 0) is 9.59 Å². The molecule has 26 heavy (non-hydrogen) atoms. The van der Waals surface area contributed by atoms with Crippen molar-refractivity contribution in [2.24, 2.45) is 5.92 Å². The van der Waals surface area contributed by atoms with Crippen molar-refractivity contribution in [3.8, 4) is 0 Å². The van der Waals surface area contributed by atoms with Crippen molar-refractivity contribution >= 4 is 23.3 Å². The summed E-state index contributed by atoms with van der Waals surface area (Å²) in [5.74, 6) is -1.22. The van der Waals surface area contributed by atoms with E-state index >= 15 is 0 Å². The van der Waals surface area contributed by atoms with Crippen LogP contribution in [0.15, 0.2) is 72.9 Å². The summed E-state index contributed by atoms with van der Waals surface area (Å²) >= 11 is 0. The molecule has 2 aromatic carbocycles. The summed E-state index contributed by atoms with van der Waals surface area (Å²) in [4.78, 5) is 41.7. The number of Topliss-reactive ketones (excluding diaryl/α,β-unsaturated/α-hetero) is 1. The Morgan fingerprint density at radius 1 is 0.923 bits per heavy atom. The van der Waals surface area contributed by atoms with Crippen LogP contribution >= 0.6 is 0 Å². The van der Waals surface area contributed by atoms with E-state index in [1.165, 1.54) is 4.90 Å². The molecule has 5 nitrogen and oxygen atoms in total. The average molecular weight is 346 g/mol. The Balaban J connectivity index is 1.69. The van der Waals surface area contributed by atoms with Gasteiger partial charge in [-0.25, -0.2) is 0 Å². The van der Waals surface area contributed by atoms with Crippen molar-refractivity contribution in [3.05, 3.63) is 78.5 Å². The number of ketones is 1. The summed E-state index contributed by atoms with van der Waals surface area (Å²) in [7, 11) is 0. The van der Waals surface area contributed by atoms with E-state index in [-0.39, 0.29) is 30.6 Å². The Bertz CT molecular complexity index is 877. The number of hydrogen-bond donors (Lipinski definition) is 0. The van der Waals surface area contributed by atoms with Gasteiger partial charge in [-0.1, -0.05) is 42.5 Å². The van der Waals surface area contributed by atoms with Crippen molar-refractivity contribution in [2.45, 2.75) is 12.5 Å². The minimum absolute atomic E-state index is 0.0126. The standard InChI is InChI=1S/C21H18N2O3/c24-18-12-14-23(20(25)15-7-3-1-4-8-15)21(26)19-17(18)11-13-22(19)16-9-5-2-6-10-16/h1-11,13,17,19H,12,14H2. The number of para-hydroxylation sites is 1. The van der Waals surface area contributed by atoms with Gasteiger partial charge in [0.15, 0.2) is 0 Å². The van der Waals surface area contributed by atoms with Crippen molar-refractivity contribution in [1.29, 1.82) is 0 Å². The first-order valence-electron chi connectivity index (χ1n) is 8.62. The van der Waals surface area contributed by atoms with E-state index in [1.54, 1.807) is 41.4 Å². The molecule has 1 fully saturated rings. The first-order valence-corrected chi connectivity index (χ1v) is 8.62. The zero-order valence-corrected chi connectivity index (χ0v) is 14.1. The molecule has 0 aliphatic carbocycles. The summed E-state index contributed by atoms with van der Waals surface area (Å²) in [6.07, 6.45) is 3.73. The van der Waals surface area contributed by atoms with Crippen LogP contribution in [0.25, 0.3) is 0 Å². The number of amides is 2. The molecule has 0 saturated carbocycles. The summed E-state index contributed by atoms with van der Waals surface area (Å²) in [6, 6.07) is 17.4. The van der Waals surface area contributed by atoms with Crippen LogP contribution in [0.3, 0.4) is 0 Å². The molecule has 2 heterocycles. The smallest absolute Gasteiger partial charge is 0.260 e. The van der Waals surface area contributed by atoms with Crippen LogP contribution in [0.2, 0.25) is 0 Å². The number of carbonyl (C=O) groups excluding carboxylic acids is 3. The van der Waals surface area contributed by atoms with E-state index in [0.29, 0.717) is 5.56 Å². The molecule has 2 aliphatic rings. The number of imide groups is 1. The van der Waals surface area contributed by atoms with Gasteiger partial charge in [0.25, 0.3) is 11.8 Å². The molecule has 0 bridgehead atoms. The minimum Gasteiger partial charge on any atom is -0.335 e. The largest absolute Gasteiger partial charge is 0.335 e. The monoisotopic (exact) mass is 346 g/mol. The molecule has 2 unspecified atom stereocenters. The van der Waals surface area contributed by atoms with Crippen LogP contribution in [0, 0.1) is 5.92 Å². The fraction of sp³-hybridized carbons (Fsp3) is 0.190. The first kappa shape index (κ1) is 16.3. The lowest BCUT2D eigenvalue weighted by Gasteiger charge is -2.29. The summed E-state index contributed by atoms with van der Waals surface area (Å²) in [5, 5.41) is 0. The second kappa shape index (κ2) is 6.59. The molecule has 2 aromatic rings. The van der Waals surface area contributed by atoms with Gasteiger partial charge in [-0.15, -0.1) is 0 Å². The molecule has 0 N–H and O–H groups in total. The van der Waals surface area contributed by atoms with Gasteiger partial charge in [-0.2, -0.15) is 0 Å². The molecular formula is C21H18N2O3. The number of hydrogen-bond acceptors (Lipinski definition) is 4. The maximum absolute atomic E-state index is 13.2. The lowest BCUT2D eigenvalue weighted by atomic mass is 9.95. The molecular weight excluding hydrogens is 328 g/mol. The maximum Gasteiger partial charge on any atom is 0.260 e. The third-order valence-electron chi connectivity index (χ3n) is 4.89. The predicted octanol–water partition coefficient (Wildman–Crippen LogP) is 2.65. The molecule has 5 heteroatoms. The molecule has 4 rings (SSSR count). The Labute approximate surface area is 151 Å².